The van der Waals surface area contributed by atoms with Crippen LogP contribution in [0.2, 0.25) is 0 Å². The molecule has 1 aromatic heterocycles. The molecule has 3 rings (SSSR count). The fourth-order valence-corrected chi connectivity index (χ4v) is 2.61. The first-order chi connectivity index (χ1) is 10.2. The molecule has 0 spiro atoms. The SMILES string of the molecule is COc1cccc(-c2nc3ccccc3n2CC(C)C)c1. The van der Waals surface area contributed by atoms with Crippen molar-refractivity contribution >= 4 is 11.0 Å². The van der Waals surface area contributed by atoms with E-state index in [2.05, 4.69) is 42.7 Å². The van der Waals surface area contributed by atoms with Crippen molar-refractivity contribution in [2.24, 2.45) is 5.92 Å². The van der Waals surface area contributed by atoms with Gasteiger partial charge in [-0.25, -0.2) is 4.98 Å². The summed E-state index contributed by atoms with van der Waals surface area (Å²) in [6.07, 6.45) is 0. The van der Waals surface area contributed by atoms with Crippen molar-refractivity contribution in [1.82, 2.24) is 9.55 Å². The molecule has 3 nitrogen and oxygen atoms in total. The van der Waals surface area contributed by atoms with Crippen LogP contribution in [0.3, 0.4) is 0 Å². The number of imidazole rings is 1. The number of ether oxygens (including phenoxy) is 1. The highest BCUT2D eigenvalue weighted by Gasteiger charge is 2.13. The number of fused-ring (bicyclic) bond motifs is 1. The summed E-state index contributed by atoms with van der Waals surface area (Å²) in [6.45, 7) is 5.40. The van der Waals surface area contributed by atoms with Crippen LogP contribution >= 0.6 is 0 Å². The first kappa shape index (κ1) is 13.7. The fourth-order valence-electron chi connectivity index (χ4n) is 2.61. The van der Waals surface area contributed by atoms with E-state index in [1.165, 1.54) is 5.52 Å². The van der Waals surface area contributed by atoms with E-state index >= 15 is 0 Å². The Balaban J connectivity index is 2.20. The molecule has 0 fully saturated rings. The van der Waals surface area contributed by atoms with Crippen LogP contribution in [0, 0.1) is 5.92 Å². The Morgan fingerprint density at radius 3 is 2.67 bits per heavy atom. The quantitative estimate of drug-likeness (QED) is 0.709. The highest BCUT2D eigenvalue weighted by atomic mass is 16.5. The van der Waals surface area contributed by atoms with Gasteiger partial charge in [0, 0.05) is 12.1 Å². The highest BCUT2D eigenvalue weighted by Crippen LogP contribution is 2.28. The lowest BCUT2D eigenvalue weighted by molar-refractivity contribution is 0.415. The molecule has 2 aromatic carbocycles. The summed E-state index contributed by atoms with van der Waals surface area (Å²) in [5.74, 6) is 2.42. The first-order valence-corrected chi connectivity index (χ1v) is 7.28. The maximum atomic E-state index is 5.33. The van der Waals surface area contributed by atoms with E-state index in [-0.39, 0.29) is 0 Å². The number of hydrogen-bond donors (Lipinski definition) is 0. The van der Waals surface area contributed by atoms with E-state index < -0.39 is 0 Å². The molecule has 0 radical (unpaired) electrons. The fraction of sp³-hybridized carbons (Fsp3) is 0.278. The van der Waals surface area contributed by atoms with Crippen molar-refractivity contribution in [2.75, 3.05) is 7.11 Å². The Morgan fingerprint density at radius 2 is 1.90 bits per heavy atom. The van der Waals surface area contributed by atoms with Gasteiger partial charge < -0.3 is 9.30 Å². The second-order valence-electron chi connectivity index (χ2n) is 5.66. The topological polar surface area (TPSA) is 27.1 Å². The number of benzene rings is 2. The van der Waals surface area contributed by atoms with Crippen LogP contribution in [0.1, 0.15) is 13.8 Å². The number of aromatic nitrogens is 2. The molecule has 0 saturated carbocycles. The van der Waals surface area contributed by atoms with Gasteiger partial charge in [0.05, 0.1) is 18.1 Å². The smallest absolute Gasteiger partial charge is 0.141 e. The second kappa shape index (κ2) is 5.60. The summed E-state index contributed by atoms with van der Waals surface area (Å²) in [5.41, 5.74) is 3.31. The average molecular weight is 280 g/mol. The Labute approximate surface area is 125 Å². The van der Waals surface area contributed by atoms with Gasteiger partial charge in [-0.2, -0.15) is 0 Å². The molecular formula is C18H20N2O. The lowest BCUT2D eigenvalue weighted by Crippen LogP contribution is -2.06. The first-order valence-electron chi connectivity index (χ1n) is 7.28. The summed E-state index contributed by atoms with van der Waals surface area (Å²) >= 11 is 0. The number of rotatable bonds is 4. The normalized spacial score (nSPS) is 11.2. The lowest BCUT2D eigenvalue weighted by atomic mass is 10.1. The van der Waals surface area contributed by atoms with E-state index in [1.54, 1.807) is 7.11 Å². The molecule has 0 N–H and O–H groups in total. The third kappa shape index (κ3) is 2.64. The predicted molar refractivity (Wildman–Crippen MR) is 86.6 cm³/mol. The molecule has 1 heterocycles. The molecule has 21 heavy (non-hydrogen) atoms. The molecule has 0 aliphatic rings. The number of para-hydroxylation sites is 2. The van der Waals surface area contributed by atoms with Crippen molar-refractivity contribution in [3.63, 3.8) is 0 Å². The van der Waals surface area contributed by atoms with Gasteiger partial charge in [0.2, 0.25) is 0 Å². The van der Waals surface area contributed by atoms with Crippen molar-refractivity contribution in [1.29, 1.82) is 0 Å². The van der Waals surface area contributed by atoms with Crippen molar-refractivity contribution in [3.05, 3.63) is 48.5 Å². The molecule has 0 bridgehead atoms. The van der Waals surface area contributed by atoms with E-state index in [0.717, 1.165) is 29.2 Å². The minimum Gasteiger partial charge on any atom is -0.497 e. The molecule has 0 atom stereocenters. The van der Waals surface area contributed by atoms with E-state index in [4.69, 9.17) is 9.72 Å². The maximum Gasteiger partial charge on any atom is 0.141 e. The Bertz CT molecular complexity index is 759. The molecule has 0 aliphatic heterocycles. The van der Waals surface area contributed by atoms with E-state index in [0.29, 0.717) is 5.92 Å². The third-order valence-corrected chi connectivity index (χ3v) is 3.53. The zero-order chi connectivity index (χ0) is 14.8. The minimum absolute atomic E-state index is 0.562. The van der Waals surface area contributed by atoms with Crippen LogP contribution in [0.15, 0.2) is 48.5 Å². The van der Waals surface area contributed by atoms with Gasteiger partial charge in [0.1, 0.15) is 11.6 Å². The van der Waals surface area contributed by atoms with Crippen LogP contribution in [-0.4, -0.2) is 16.7 Å². The van der Waals surface area contributed by atoms with Crippen LogP contribution in [0.5, 0.6) is 5.75 Å². The van der Waals surface area contributed by atoms with Crippen molar-refractivity contribution < 1.29 is 4.74 Å². The van der Waals surface area contributed by atoms with Gasteiger partial charge in [-0.15, -0.1) is 0 Å². The monoisotopic (exact) mass is 280 g/mol. The zero-order valence-corrected chi connectivity index (χ0v) is 12.7. The van der Waals surface area contributed by atoms with Crippen LogP contribution in [0.25, 0.3) is 22.4 Å². The average Bonchev–Trinajstić information content (AvgIpc) is 2.86. The minimum atomic E-state index is 0.562. The van der Waals surface area contributed by atoms with E-state index in [9.17, 15) is 0 Å². The van der Waals surface area contributed by atoms with Gasteiger partial charge in [0.25, 0.3) is 0 Å². The standard InChI is InChI=1S/C18H20N2O/c1-13(2)12-20-17-10-5-4-9-16(17)19-18(20)14-7-6-8-15(11-14)21-3/h4-11,13H,12H2,1-3H3. The zero-order valence-electron chi connectivity index (χ0n) is 12.7. The van der Waals surface area contributed by atoms with Crippen LogP contribution in [0.4, 0.5) is 0 Å². The van der Waals surface area contributed by atoms with Crippen molar-refractivity contribution in [3.8, 4) is 17.1 Å². The summed E-state index contributed by atoms with van der Waals surface area (Å²) in [5, 5.41) is 0. The molecule has 0 unspecified atom stereocenters. The molecule has 0 amide bonds. The molecular weight excluding hydrogens is 260 g/mol. The Kier molecular flexibility index (Phi) is 3.65. The summed E-state index contributed by atoms with van der Waals surface area (Å²) in [4.78, 5) is 4.82. The molecule has 0 aliphatic carbocycles. The largest absolute Gasteiger partial charge is 0.497 e. The molecule has 3 aromatic rings. The van der Waals surface area contributed by atoms with Crippen LogP contribution < -0.4 is 4.74 Å². The van der Waals surface area contributed by atoms with E-state index in [1.807, 2.05) is 24.3 Å². The number of methoxy groups -OCH3 is 1. The Morgan fingerprint density at radius 1 is 1.10 bits per heavy atom. The lowest BCUT2D eigenvalue weighted by Gasteiger charge is -2.12. The second-order valence-corrected chi connectivity index (χ2v) is 5.66. The van der Waals surface area contributed by atoms with Crippen molar-refractivity contribution in [2.45, 2.75) is 20.4 Å². The molecule has 108 valence electrons. The summed E-state index contributed by atoms with van der Waals surface area (Å²) in [7, 11) is 1.69. The van der Waals surface area contributed by atoms with Gasteiger partial charge in [0.15, 0.2) is 0 Å². The maximum absolute atomic E-state index is 5.33. The molecule has 0 saturated heterocycles. The number of nitrogens with zero attached hydrogens (tertiary/aromatic N) is 2. The number of hydrogen-bond acceptors (Lipinski definition) is 2. The highest BCUT2D eigenvalue weighted by molar-refractivity contribution is 5.80. The Hall–Kier alpha value is -2.29. The van der Waals surface area contributed by atoms with Gasteiger partial charge in [-0.3, -0.25) is 0 Å². The van der Waals surface area contributed by atoms with Gasteiger partial charge in [-0.1, -0.05) is 38.1 Å². The summed E-state index contributed by atoms with van der Waals surface area (Å²) in [6, 6.07) is 16.4. The van der Waals surface area contributed by atoms with Gasteiger partial charge in [-0.05, 0) is 30.2 Å². The summed E-state index contributed by atoms with van der Waals surface area (Å²) < 4.78 is 7.63. The van der Waals surface area contributed by atoms with Crippen LogP contribution in [-0.2, 0) is 6.54 Å². The third-order valence-electron chi connectivity index (χ3n) is 3.53. The molecule has 3 heteroatoms. The predicted octanol–water partition coefficient (Wildman–Crippen LogP) is 4.37. The van der Waals surface area contributed by atoms with Gasteiger partial charge >= 0.3 is 0 Å².